The molecule has 2 rings (SSSR count). The SMILES string of the molecule is Cc1cc(=O)c(C(=O)Nc2cc(F)c(F)c(F)c2)c[nH]1. The van der Waals surface area contributed by atoms with Crippen LogP contribution in [0.1, 0.15) is 16.1 Å². The molecule has 4 nitrogen and oxygen atoms in total. The molecule has 1 aromatic heterocycles. The summed E-state index contributed by atoms with van der Waals surface area (Å²) in [4.78, 5) is 26.0. The predicted octanol–water partition coefficient (Wildman–Crippen LogP) is 2.35. The number of aromatic amines is 1. The quantitative estimate of drug-likeness (QED) is 0.831. The lowest BCUT2D eigenvalue weighted by Crippen LogP contribution is -2.21. The highest BCUT2D eigenvalue weighted by molar-refractivity contribution is 6.03. The van der Waals surface area contributed by atoms with E-state index in [1.165, 1.54) is 12.3 Å². The van der Waals surface area contributed by atoms with E-state index in [0.29, 0.717) is 17.8 Å². The monoisotopic (exact) mass is 282 g/mol. The number of benzene rings is 1. The number of aryl methyl sites for hydroxylation is 1. The Balaban J connectivity index is 2.30. The van der Waals surface area contributed by atoms with Crippen LogP contribution in [-0.4, -0.2) is 10.9 Å². The topological polar surface area (TPSA) is 62.0 Å². The number of rotatable bonds is 2. The van der Waals surface area contributed by atoms with E-state index in [9.17, 15) is 22.8 Å². The van der Waals surface area contributed by atoms with Gasteiger partial charge in [0, 0.05) is 35.8 Å². The standard InChI is InChI=1S/C13H9F3N2O2/c1-6-2-11(19)8(5-17-6)13(20)18-7-3-9(14)12(16)10(15)4-7/h2-5H,1H3,(H,17,19)(H,18,20). The molecule has 0 spiro atoms. The Bertz CT molecular complexity index is 718. The van der Waals surface area contributed by atoms with Crippen molar-refractivity contribution in [2.75, 3.05) is 5.32 Å². The molecule has 0 saturated heterocycles. The molecule has 1 heterocycles. The number of aromatic nitrogens is 1. The van der Waals surface area contributed by atoms with Gasteiger partial charge in [-0.1, -0.05) is 0 Å². The van der Waals surface area contributed by atoms with Crippen molar-refractivity contribution in [3.05, 3.63) is 63.3 Å². The van der Waals surface area contributed by atoms with Gasteiger partial charge in [-0.25, -0.2) is 13.2 Å². The fourth-order valence-corrected chi connectivity index (χ4v) is 1.58. The van der Waals surface area contributed by atoms with Crippen LogP contribution in [0.5, 0.6) is 0 Å². The number of carbonyl (C=O) groups is 1. The average molecular weight is 282 g/mol. The minimum atomic E-state index is -1.63. The highest BCUT2D eigenvalue weighted by Gasteiger charge is 2.14. The number of H-pyrrole nitrogens is 1. The molecular weight excluding hydrogens is 273 g/mol. The molecule has 0 radical (unpaired) electrons. The molecule has 0 atom stereocenters. The third kappa shape index (κ3) is 2.71. The first-order valence-corrected chi connectivity index (χ1v) is 5.53. The molecule has 0 aliphatic carbocycles. The van der Waals surface area contributed by atoms with Crippen molar-refractivity contribution in [2.45, 2.75) is 6.92 Å². The minimum absolute atomic E-state index is 0.222. The minimum Gasteiger partial charge on any atom is -0.364 e. The Morgan fingerprint density at radius 1 is 1.15 bits per heavy atom. The summed E-state index contributed by atoms with van der Waals surface area (Å²) in [5.74, 6) is -5.34. The van der Waals surface area contributed by atoms with Crippen LogP contribution in [0.3, 0.4) is 0 Å². The van der Waals surface area contributed by atoms with E-state index in [4.69, 9.17) is 0 Å². The Kier molecular flexibility index (Phi) is 3.60. The summed E-state index contributed by atoms with van der Waals surface area (Å²) < 4.78 is 38.7. The van der Waals surface area contributed by atoms with Crippen LogP contribution in [-0.2, 0) is 0 Å². The zero-order valence-electron chi connectivity index (χ0n) is 10.3. The van der Waals surface area contributed by atoms with Gasteiger partial charge in [-0.15, -0.1) is 0 Å². The van der Waals surface area contributed by atoms with Crippen molar-refractivity contribution in [1.82, 2.24) is 4.98 Å². The summed E-state index contributed by atoms with van der Waals surface area (Å²) in [5.41, 5.74) is -0.487. The molecule has 2 N–H and O–H groups in total. The summed E-state index contributed by atoms with van der Waals surface area (Å²) in [7, 11) is 0. The number of anilines is 1. The Labute approximate surface area is 111 Å². The zero-order chi connectivity index (χ0) is 14.9. The van der Waals surface area contributed by atoms with Gasteiger partial charge in [-0.2, -0.15) is 0 Å². The molecule has 7 heteroatoms. The highest BCUT2D eigenvalue weighted by Crippen LogP contribution is 2.17. The number of amides is 1. The normalized spacial score (nSPS) is 10.4. The molecule has 0 saturated carbocycles. The average Bonchev–Trinajstić information content (AvgIpc) is 2.35. The molecule has 0 aliphatic heterocycles. The van der Waals surface area contributed by atoms with Gasteiger partial charge in [0.05, 0.1) is 0 Å². The summed E-state index contributed by atoms with van der Waals surface area (Å²) in [6, 6.07) is 2.46. The molecule has 0 fully saturated rings. The maximum Gasteiger partial charge on any atom is 0.261 e. The summed E-state index contributed by atoms with van der Waals surface area (Å²) >= 11 is 0. The van der Waals surface area contributed by atoms with Crippen molar-refractivity contribution in [1.29, 1.82) is 0 Å². The first-order chi connectivity index (χ1) is 9.38. The first kappa shape index (κ1) is 13.9. The molecule has 0 bridgehead atoms. The lowest BCUT2D eigenvalue weighted by Gasteiger charge is -2.06. The smallest absolute Gasteiger partial charge is 0.261 e. The number of halogens is 3. The number of carbonyl (C=O) groups excluding carboxylic acids is 1. The van der Waals surface area contributed by atoms with E-state index in [2.05, 4.69) is 10.3 Å². The van der Waals surface area contributed by atoms with Crippen LogP contribution in [0.15, 0.2) is 29.2 Å². The number of hydrogen-bond donors (Lipinski definition) is 2. The largest absolute Gasteiger partial charge is 0.364 e. The van der Waals surface area contributed by atoms with Gasteiger partial charge >= 0.3 is 0 Å². The van der Waals surface area contributed by atoms with Gasteiger partial charge in [0.15, 0.2) is 22.9 Å². The Morgan fingerprint density at radius 2 is 1.75 bits per heavy atom. The number of hydrogen-bond acceptors (Lipinski definition) is 2. The van der Waals surface area contributed by atoms with Gasteiger partial charge in [-0.05, 0) is 6.92 Å². The number of nitrogens with one attached hydrogen (secondary N) is 2. The van der Waals surface area contributed by atoms with Crippen molar-refractivity contribution < 1.29 is 18.0 Å². The van der Waals surface area contributed by atoms with Crippen LogP contribution < -0.4 is 10.7 Å². The molecule has 1 aromatic carbocycles. The molecule has 0 unspecified atom stereocenters. The van der Waals surface area contributed by atoms with Gasteiger partial charge in [0.2, 0.25) is 0 Å². The molecule has 104 valence electrons. The predicted molar refractivity (Wildman–Crippen MR) is 66.1 cm³/mol. The van der Waals surface area contributed by atoms with E-state index < -0.39 is 28.8 Å². The van der Waals surface area contributed by atoms with E-state index in [-0.39, 0.29) is 11.3 Å². The number of pyridine rings is 1. The lowest BCUT2D eigenvalue weighted by atomic mass is 10.2. The van der Waals surface area contributed by atoms with Crippen molar-refractivity contribution >= 4 is 11.6 Å². The molecule has 0 aliphatic rings. The third-order valence-corrected chi connectivity index (χ3v) is 2.54. The zero-order valence-corrected chi connectivity index (χ0v) is 10.3. The maximum absolute atomic E-state index is 13.0. The van der Waals surface area contributed by atoms with Crippen LogP contribution >= 0.6 is 0 Å². The van der Waals surface area contributed by atoms with Crippen molar-refractivity contribution in [3.63, 3.8) is 0 Å². The van der Waals surface area contributed by atoms with E-state index in [1.54, 1.807) is 6.92 Å². The fraction of sp³-hybridized carbons (Fsp3) is 0.0769. The summed E-state index contributed by atoms with van der Waals surface area (Å²) in [5, 5.41) is 2.12. The second kappa shape index (κ2) is 5.20. The summed E-state index contributed by atoms with van der Waals surface area (Å²) in [6.07, 6.45) is 1.18. The molecule has 2 aromatic rings. The van der Waals surface area contributed by atoms with Gasteiger partial charge in [0.1, 0.15) is 5.56 Å². The Morgan fingerprint density at radius 3 is 2.30 bits per heavy atom. The van der Waals surface area contributed by atoms with Gasteiger partial charge < -0.3 is 10.3 Å². The van der Waals surface area contributed by atoms with E-state index in [0.717, 1.165) is 0 Å². The molecule has 20 heavy (non-hydrogen) atoms. The first-order valence-electron chi connectivity index (χ1n) is 5.53. The second-order valence-electron chi connectivity index (χ2n) is 4.10. The van der Waals surface area contributed by atoms with Gasteiger partial charge in [-0.3, -0.25) is 9.59 Å². The summed E-state index contributed by atoms with van der Waals surface area (Å²) in [6.45, 7) is 1.63. The van der Waals surface area contributed by atoms with Crippen LogP contribution in [0.4, 0.5) is 18.9 Å². The highest BCUT2D eigenvalue weighted by atomic mass is 19.2. The molecular formula is C13H9F3N2O2. The fourth-order valence-electron chi connectivity index (χ4n) is 1.58. The lowest BCUT2D eigenvalue weighted by molar-refractivity contribution is 0.102. The van der Waals surface area contributed by atoms with Crippen LogP contribution in [0.25, 0.3) is 0 Å². The van der Waals surface area contributed by atoms with E-state index >= 15 is 0 Å². The van der Waals surface area contributed by atoms with Crippen LogP contribution in [0.2, 0.25) is 0 Å². The van der Waals surface area contributed by atoms with Crippen molar-refractivity contribution in [3.8, 4) is 0 Å². The van der Waals surface area contributed by atoms with E-state index in [1.807, 2.05) is 0 Å². The Hall–Kier alpha value is -2.57. The third-order valence-electron chi connectivity index (χ3n) is 2.54. The second-order valence-corrected chi connectivity index (χ2v) is 4.10. The van der Waals surface area contributed by atoms with Crippen molar-refractivity contribution in [2.24, 2.45) is 0 Å². The molecule has 1 amide bonds. The van der Waals surface area contributed by atoms with Gasteiger partial charge in [0.25, 0.3) is 5.91 Å². The van der Waals surface area contributed by atoms with Crippen LogP contribution in [0, 0.1) is 24.4 Å². The maximum atomic E-state index is 13.0.